The van der Waals surface area contributed by atoms with Crippen LogP contribution in [0.2, 0.25) is 0 Å². The second kappa shape index (κ2) is 6.05. The number of rotatable bonds is 3. The van der Waals surface area contributed by atoms with E-state index in [2.05, 4.69) is 25.8 Å². The van der Waals surface area contributed by atoms with Gasteiger partial charge in [-0.3, -0.25) is 4.79 Å². The number of nitrogens with zero attached hydrogens (tertiary/aromatic N) is 2. The molecule has 138 valence electrons. The van der Waals surface area contributed by atoms with Crippen LogP contribution in [0.5, 0.6) is 0 Å². The molecule has 2 fully saturated rings. The molecule has 2 aromatic rings. The summed E-state index contributed by atoms with van der Waals surface area (Å²) >= 11 is 1.48. The Labute approximate surface area is 157 Å². The van der Waals surface area contributed by atoms with Gasteiger partial charge in [-0.1, -0.05) is 20.8 Å². The third-order valence-corrected chi connectivity index (χ3v) is 6.42. The first kappa shape index (κ1) is 17.5. The number of esters is 1. The van der Waals surface area contributed by atoms with Crippen LogP contribution in [0.15, 0.2) is 23.7 Å². The molecule has 2 atom stereocenters. The van der Waals surface area contributed by atoms with Gasteiger partial charge in [0, 0.05) is 12.6 Å². The van der Waals surface area contributed by atoms with Gasteiger partial charge in [0.2, 0.25) is 0 Å². The Morgan fingerprint density at radius 2 is 2.12 bits per heavy atom. The summed E-state index contributed by atoms with van der Waals surface area (Å²) in [6, 6.07) is 5.54. The third kappa shape index (κ3) is 3.22. The number of benzene rings is 1. The van der Waals surface area contributed by atoms with E-state index in [1.165, 1.54) is 11.3 Å². The molecule has 2 heterocycles. The van der Waals surface area contributed by atoms with Gasteiger partial charge in [-0.15, -0.1) is 11.3 Å². The largest absolute Gasteiger partial charge is 0.452 e. The van der Waals surface area contributed by atoms with E-state index in [9.17, 15) is 9.59 Å². The summed E-state index contributed by atoms with van der Waals surface area (Å²) in [4.78, 5) is 31.1. The third-order valence-electron chi connectivity index (χ3n) is 5.63. The van der Waals surface area contributed by atoms with Crippen molar-refractivity contribution in [2.75, 3.05) is 13.2 Å². The Hall–Kier alpha value is -1.95. The fraction of sp³-hybridized carbons (Fsp3) is 0.550. The molecule has 4 rings (SSSR count). The summed E-state index contributed by atoms with van der Waals surface area (Å²) < 4.78 is 6.25. The van der Waals surface area contributed by atoms with Crippen LogP contribution in [0.25, 0.3) is 10.2 Å². The maximum absolute atomic E-state index is 12.7. The van der Waals surface area contributed by atoms with Crippen molar-refractivity contribution in [2.45, 2.75) is 46.1 Å². The predicted molar refractivity (Wildman–Crippen MR) is 101 cm³/mol. The summed E-state index contributed by atoms with van der Waals surface area (Å²) in [6.07, 6.45) is 3.21. The van der Waals surface area contributed by atoms with E-state index in [1.54, 1.807) is 23.7 Å². The van der Waals surface area contributed by atoms with Crippen molar-refractivity contribution in [1.29, 1.82) is 0 Å². The lowest BCUT2D eigenvalue weighted by Crippen LogP contribution is -2.39. The number of amides is 1. The van der Waals surface area contributed by atoms with Gasteiger partial charge in [0.15, 0.2) is 6.61 Å². The average molecular weight is 372 g/mol. The molecular formula is C20H24N2O3S. The van der Waals surface area contributed by atoms with Gasteiger partial charge in [0.1, 0.15) is 0 Å². The van der Waals surface area contributed by atoms with Crippen LogP contribution in [0, 0.1) is 10.8 Å². The van der Waals surface area contributed by atoms with Gasteiger partial charge in [-0.05, 0) is 48.3 Å². The Morgan fingerprint density at radius 1 is 1.31 bits per heavy atom. The predicted octanol–water partition coefficient (Wildman–Crippen LogP) is 3.88. The molecule has 0 unspecified atom stereocenters. The zero-order valence-corrected chi connectivity index (χ0v) is 16.3. The van der Waals surface area contributed by atoms with E-state index in [1.807, 2.05) is 4.90 Å². The highest BCUT2D eigenvalue weighted by molar-refractivity contribution is 7.16. The van der Waals surface area contributed by atoms with Crippen molar-refractivity contribution in [2.24, 2.45) is 10.8 Å². The fourth-order valence-electron chi connectivity index (χ4n) is 5.03. The number of fused-ring (bicyclic) bond motifs is 3. The molecule has 1 aliphatic carbocycles. The van der Waals surface area contributed by atoms with Crippen molar-refractivity contribution < 1.29 is 14.3 Å². The number of carbonyl (C=O) groups is 2. The van der Waals surface area contributed by atoms with Gasteiger partial charge in [-0.2, -0.15) is 0 Å². The Bertz CT molecular complexity index is 875. The van der Waals surface area contributed by atoms with Gasteiger partial charge in [0.05, 0.1) is 21.3 Å². The maximum Gasteiger partial charge on any atom is 0.338 e. The summed E-state index contributed by atoms with van der Waals surface area (Å²) in [5.41, 5.74) is 3.51. The number of aromatic nitrogens is 1. The first-order valence-electron chi connectivity index (χ1n) is 9.05. The Balaban J connectivity index is 1.40. The van der Waals surface area contributed by atoms with Gasteiger partial charge in [0.25, 0.3) is 5.91 Å². The monoisotopic (exact) mass is 372 g/mol. The molecule has 1 aromatic heterocycles. The van der Waals surface area contributed by atoms with Crippen molar-refractivity contribution in [1.82, 2.24) is 9.88 Å². The molecule has 6 heteroatoms. The molecule has 1 aromatic carbocycles. The molecule has 1 saturated carbocycles. The minimum Gasteiger partial charge on any atom is -0.452 e. The zero-order valence-electron chi connectivity index (χ0n) is 15.4. The Kier molecular flexibility index (Phi) is 4.06. The molecule has 0 N–H and O–H groups in total. The molecule has 1 aliphatic heterocycles. The second-order valence-electron chi connectivity index (χ2n) is 8.85. The standard InChI is InChI=1S/C20H24N2O3S/c1-19(2)7-14-8-20(3,10-19)11-22(14)17(23)9-25-18(24)13-4-5-15-16(6-13)26-12-21-15/h4-6,12,14H,7-11H2,1-3H3/t14-,20-/m1/s1. The van der Waals surface area contributed by atoms with Gasteiger partial charge < -0.3 is 9.64 Å². The number of ether oxygens (including phenoxy) is 1. The van der Waals surface area contributed by atoms with E-state index in [0.717, 1.165) is 36.0 Å². The first-order chi connectivity index (χ1) is 12.2. The maximum atomic E-state index is 12.7. The van der Waals surface area contributed by atoms with E-state index in [-0.39, 0.29) is 29.4 Å². The highest BCUT2D eigenvalue weighted by atomic mass is 32.1. The fourth-order valence-corrected chi connectivity index (χ4v) is 5.74. The summed E-state index contributed by atoms with van der Waals surface area (Å²) in [5.74, 6) is -0.536. The van der Waals surface area contributed by atoms with E-state index in [4.69, 9.17) is 4.74 Å². The van der Waals surface area contributed by atoms with E-state index in [0.29, 0.717) is 5.56 Å². The normalized spacial score (nSPS) is 26.9. The average Bonchev–Trinajstić information content (AvgIpc) is 3.12. The summed E-state index contributed by atoms with van der Waals surface area (Å²) in [7, 11) is 0. The number of hydrogen-bond acceptors (Lipinski definition) is 5. The molecular weight excluding hydrogens is 348 g/mol. The van der Waals surface area contributed by atoms with E-state index < -0.39 is 5.97 Å². The first-order valence-corrected chi connectivity index (χ1v) is 9.93. The SMILES string of the molecule is CC1(C)C[C@@H]2C[C@@](C)(CN2C(=O)COC(=O)c2ccc3ncsc3c2)C1. The van der Waals surface area contributed by atoms with Gasteiger partial charge >= 0.3 is 5.97 Å². The van der Waals surface area contributed by atoms with Crippen molar-refractivity contribution in [3.63, 3.8) is 0 Å². The lowest BCUT2D eigenvalue weighted by atomic mass is 9.65. The summed E-state index contributed by atoms with van der Waals surface area (Å²) in [5, 5.41) is 0. The molecule has 2 bridgehead atoms. The quantitative estimate of drug-likeness (QED) is 0.767. The molecule has 26 heavy (non-hydrogen) atoms. The lowest BCUT2D eigenvalue weighted by Gasteiger charge is -2.39. The molecule has 2 aliphatic rings. The van der Waals surface area contributed by atoms with Crippen LogP contribution >= 0.6 is 11.3 Å². The topological polar surface area (TPSA) is 59.5 Å². The molecule has 5 nitrogen and oxygen atoms in total. The van der Waals surface area contributed by atoms with Crippen molar-refractivity contribution in [3.05, 3.63) is 29.3 Å². The summed E-state index contributed by atoms with van der Waals surface area (Å²) in [6.45, 7) is 7.41. The highest BCUT2D eigenvalue weighted by Gasteiger charge is 2.50. The molecule has 1 amide bonds. The van der Waals surface area contributed by atoms with Crippen molar-refractivity contribution >= 4 is 33.4 Å². The molecule has 0 spiro atoms. The lowest BCUT2D eigenvalue weighted by molar-refractivity contribution is -0.135. The van der Waals surface area contributed by atoms with Crippen molar-refractivity contribution in [3.8, 4) is 0 Å². The van der Waals surface area contributed by atoms with Crippen LogP contribution in [0.3, 0.4) is 0 Å². The second-order valence-corrected chi connectivity index (χ2v) is 9.73. The minimum atomic E-state index is -0.456. The Morgan fingerprint density at radius 3 is 2.92 bits per heavy atom. The van der Waals surface area contributed by atoms with Crippen LogP contribution in [0.1, 0.15) is 50.4 Å². The molecule has 1 saturated heterocycles. The van der Waals surface area contributed by atoms with Crippen LogP contribution in [0.4, 0.5) is 0 Å². The smallest absolute Gasteiger partial charge is 0.338 e. The minimum absolute atomic E-state index is 0.0800. The number of carbonyl (C=O) groups excluding carboxylic acids is 2. The van der Waals surface area contributed by atoms with Crippen LogP contribution in [-0.4, -0.2) is 41.0 Å². The van der Waals surface area contributed by atoms with E-state index >= 15 is 0 Å². The van der Waals surface area contributed by atoms with Gasteiger partial charge in [-0.25, -0.2) is 9.78 Å². The zero-order chi connectivity index (χ0) is 18.5. The molecule has 0 radical (unpaired) electrons. The van der Waals surface area contributed by atoms with Crippen LogP contribution in [-0.2, 0) is 9.53 Å². The number of thiazole rings is 1. The number of hydrogen-bond donors (Lipinski definition) is 0. The number of likely N-dealkylation sites (tertiary alicyclic amines) is 1. The van der Waals surface area contributed by atoms with Crippen LogP contribution < -0.4 is 0 Å². The highest BCUT2D eigenvalue weighted by Crippen LogP contribution is 2.52.